The summed E-state index contributed by atoms with van der Waals surface area (Å²) in [7, 11) is 0. The number of aliphatic hydroxyl groups is 1. The molecule has 148 valence electrons. The number of rotatable bonds is 6. The van der Waals surface area contributed by atoms with E-state index in [4.69, 9.17) is 0 Å². The average Bonchev–Trinajstić information content (AvgIpc) is 2.66. The molecule has 7 heteroatoms. The van der Waals surface area contributed by atoms with Gasteiger partial charge in [0.1, 0.15) is 17.5 Å². The summed E-state index contributed by atoms with van der Waals surface area (Å²) in [5.74, 6) is 1.04. The fourth-order valence-corrected chi connectivity index (χ4v) is 3.67. The summed E-state index contributed by atoms with van der Waals surface area (Å²) >= 11 is 0. The highest BCUT2D eigenvalue weighted by atomic mass is 16.3. The van der Waals surface area contributed by atoms with Gasteiger partial charge in [0.25, 0.3) is 0 Å². The number of anilines is 2. The minimum absolute atomic E-state index is 0.155. The smallest absolute Gasteiger partial charge is 0.224 e. The van der Waals surface area contributed by atoms with Crippen LogP contribution in [-0.4, -0.2) is 38.7 Å². The van der Waals surface area contributed by atoms with Gasteiger partial charge < -0.3 is 15.7 Å². The van der Waals surface area contributed by atoms with Gasteiger partial charge in [-0.2, -0.15) is 10.2 Å². The standard InChI is InChI=1S/C21H28N6O/c1-14-5-4-9-23-17(14)8-10-24-20-25-13-15(12-22)19(27-20)26-16-6-7-18(28)21(2,3)11-16/h4-5,9,13,16,18,28H,6-8,10-11H2,1-3H3,(H2,24,25,26,27)/t16-,18+/m1/s1. The fraction of sp³-hybridized carbons (Fsp3) is 0.524. The van der Waals surface area contributed by atoms with E-state index in [1.165, 1.54) is 0 Å². The van der Waals surface area contributed by atoms with E-state index in [0.717, 1.165) is 36.9 Å². The van der Waals surface area contributed by atoms with Gasteiger partial charge >= 0.3 is 0 Å². The van der Waals surface area contributed by atoms with Crippen molar-refractivity contribution in [3.63, 3.8) is 0 Å². The molecule has 3 rings (SSSR count). The summed E-state index contributed by atoms with van der Waals surface area (Å²) < 4.78 is 0. The molecular formula is C21H28N6O. The predicted octanol–water partition coefficient (Wildman–Crippen LogP) is 3.06. The molecule has 0 aliphatic heterocycles. The first-order chi connectivity index (χ1) is 13.4. The number of nitriles is 1. The molecule has 1 fully saturated rings. The highest BCUT2D eigenvalue weighted by molar-refractivity contribution is 5.54. The summed E-state index contributed by atoms with van der Waals surface area (Å²) in [5.41, 5.74) is 2.48. The number of hydrogen-bond acceptors (Lipinski definition) is 7. The Balaban J connectivity index is 1.65. The minimum atomic E-state index is -0.293. The van der Waals surface area contributed by atoms with Crippen LogP contribution in [0.25, 0.3) is 0 Å². The molecule has 28 heavy (non-hydrogen) atoms. The SMILES string of the molecule is Cc1cccnc1CCNc1ncc(C#N)c(N[C@@H]2CC[C@H](O)C(C)(C)C2)n1. The van der Waals surface area contributed by atoms with Crippen molar-refractivity contribution in [3.8, 4) is 6.07 Å². The zero-order chi connectivity index (χ0) is 20.1. The van der Waals surface area contributed by atoms with Crippen LogP contribution in [-0.2, 0) is 6.42 Å². The van der Waals surface area contributed by atoms with Crippen LogP contribution in [0.3, 0.4) is 0 Å². The van der Waals surface area contributed by atoms with Crippen LogP contribution in [0.4, 0.5) is 11.8 Å². The maximum atomic E-state index is 10.2. The minimum Gasteiger partial charge on any atom is -0.393 e. The van der Waals surface area contributed by atoms with Gasteiger partial charge in [-0.3, -0.25) is 4.98 Å². The highest BCUT2D eigenvalue weighted by Crippen LogP contribution is 2.36. The molecule has 2 heterocycles. The molecular weight excluding hydrogens is 352 g/mol. The monoisotopic (exact) mass is 380 g/mol. The van der Waals surface area contributed by atoms with Crippen molar-refractivity contribution < 1.29 is 5.11 Å². The zero-order valence-corrected chi connectivity index (χ0v) is 16.7. The van der Waals surface area contributed by atoms with Crippen LogP contribution in [0.15, 0.2) is 24.5 Å². The number of aliphatic hydroxyl groups excluding tert-OH is 1. The lowest BCUT2D eigenvalue weighted by atomic mass is 9.73. The Bertz CT molecular complexity index is 860. The summed E-state index contributed by atoms with van der Waals surface area (Å²) in [5, 5.41) is 26.2. The first kappa shape index (κ1) is 20.0. The van der Waals surface area contributed by atoms with Crippen molar-refractivity contribution in [3.05, 3.63) is 41.3 Å². The predicted molar refractivity (Wildman–Crippen MR) is 109 cm³/mol. The Labute approximate surface area is 166 Å². The van der Waals surface area contributed by atoms with Gasteiger partial charge in [0, 0.05) is 30.9 Å². The van der Waals surface area contributed by atoms with E-state index >= 15 is 0 Å². The quantitative estimate of drug-likeness (QED) is 0.707. The second-order valence-corrected chi connectivity index (χ2v) is 8.14. The number of hydrogen-bond donors (Lipinski definition) is 3. The molecule has 0 spiro atoms. The van der Waals surface area contributed by atoms with Gasteiger partial charge in [-0.1, -0.05) is 19.9 Å². The van der Waals surface area contributed by atoms with Gasteiger partial charge in [0.05, 0.1) is 12.3 Å². The van der Waals surface area contributed by atoms with E-state index in [-0.39, 0.29) is 17.6 Å². The molecule has 0 radical (unpaired) electrons. The van der Waals surface area contributed by atoms with Crippen LogP contribution in [0.5, 0.6) is 0 Å². The number of nitrogens with one attached hydrogen (secondary N) is 2. The van der Waals surface area contributed by atoms with Crippen molar-refractivity contribution in [1.29, 1.82) is 5.26 Å². The van der Waals surface area contributed by atoms with Crippen molar-refractivity contribution in [2.24, 2.45) is 5.41 Å². The van der Waals surface area contributed by atoms with E-state index in [9.17, 15) is 10.4 Å². The molecule has 0 bridgehead atoms. The maximum absolute atomic E-state index is 10.2. The molecule has 0 amide bonds. The van der Waals surface area contributed by atoms with Crippen molar-refractivity contribution in [1.82, 2.24) is 15.0 Å². The third kappa shape index (κ3) is 4.76. The fourth-order valence-electron chi connectivity index (χ4n) is 3.67. The lowest BCUT2D eigenvalue weighted by molar-refractivity contribution is 0.00926. The first-order valence-corrected chi connectivity index (χ1v) is 9.75. The third-order valence-corrected chi connectivity index (χ3v) is 5.48. The summed E-state index contributed by atoms with van der Waals surface area (Å²) in [6.45, 7) is 6.85. The van der Waals surface area contributed by atoms with E-state index in [1.54, 1.807) is 12.4 Å². The van der Waals surface area contributed by atoms with Gasteiger partial charge in [-0.15, -0.1) is 0 Å². The maximum Gasteiger partial charge on any atom is 0.224 e. The molecule has 2 aromatic heterocycles. The van der Waals surface area contributed by atoms with Crippen molar-refractivity contribution in [2.75, 3.05) is 17.2 Å². The zero-order valence-electron chi connectivity index (χ0n) is 16.7. The molecule has 7 nitrogen and oxygen atoms in total. The lowest BCUT2D eigenvalue weighted by Crippen LogP contribution is -2.41. The summed E-state index contributed by atoms with van der Waals surface area (Å²) in [6, 6.07) is 6.30. The number of pyridine rings is 1. The number of aryl methyl sites for hydroxylation is 1. The van der Waals surface area contributed by atoms with Crippen LogP contribution in [0, 0.1) is 23.7 Å². The third-order valence-electron chi connectivity index (χ3n) is 5.48. The molecule has 1 aliphatic rings. The molecule has 0 unspecified atom stereocenters. The Hall–Kier alpha value is -2.72. The molecule has 0 saturated heterocycles. The van der Waals surface area contributed by atoms with Gasteiger partial charge in [-0.25, -0.2) is 4.98 Å². The van der Waals surface area contributed by atoms with Gasteiger partial charge in [0.15, 0.2) is 0 Å². The van der Waals surface area contributed by atoms with Crippen LogP contribution >= 0.6 is 0 Å². The molecule has 0 aromatic carbocycles. The van der Waals surface area contributed by atoms with E-state index in [0.29, 0.717) is 23.9 Å². The Morgan fingerprint density at radius 3 is 2.86 bits per heavy atom. The molecule has 1 saturated carbocycles. The van der Waals surface area contributed by atoms with E-state index < -0.39 is 0 Å². The topological polar surface area (TPSA) is 107 Å². The average molecular weight is 380 g/mol. The van der Waals surface area contributed by atoms with E-state index in [2.05, 4.69) is 45.5 Å². The van der Waals surface area contributed by atoms with Crippen LogP contribution < -0.4 is 10.6 Å². The highest BCUT2D eigenvalue weighted by Gasteiger charge is 2.35. The number of nitrogens with zero attached hydrogens (tertiary/aromatic N) is 4. The molecule has 2 aromatic rings. The Morgan fingerprint density at radius 1 is 1.32 bits per heavy atom. The second kappa shape index (κ2) is 8.53. The number of aromatic nitrogens is 3. The molecule has 3 N–H and O–H groups in total. The lowest BCUT2D eigenvalue weighted by Gasteiger charge is -2.40. The molecule has 1 aliphatic carbocycles. The van der Waals surface area contributed by atoms with Gasteiger partial charge in [0.2, 0.25) is 5.95 Å². The van der Waals surface area contributed by atoms with Crippen LogP contribution in [0.2, 0.25) is 0 Å². The normalized spacial score (nSPS) is 21.0. The summed E-state index contributed by atoms with van der Waals surface area (Å²) in [6.07, 6.45) is 6.24. The Morgan fingerprint density at radius 2 is 2.14 bits per heavy atom. The van der Waals surface area contributed by atoms with Crippen LogP contribution in [0.1, 0.15) is 49.9 Å². The van der Waals surface area contributed by atoms with Crippen molar-refractivity contribution in [2.45, 2.75) is 58.6 Å². The Kier molecular flexibility index (Phi) is 6.10. The molecule has 2 atom stereocenters. The summed E-state index contributed by atoms with van der Waals surface area (Å²) in [4.78, 5) is 13.2. The second-order valence-electron chi connectivity index (χ2n) is 8.14. The first-order valence-electron chi connectivity index (χ1n) is 9.75. The van der Waals surface area contributed by atoms with Crippen molar-refractivity contribution >= 4 is 11.8 Å². The van der Waals surface area contributed by atoms with Gasteiger partial charge in [-0.05, 0) is 43.2 Å². The van der Waals surface area contributed by atoms with E-state index in [1.807, 2.05) is 19.1 Å². The largest absolute Gasteiger partial charge is 0.393 e.